The molecule has 17 heteroatoms. The molecule has 2 fully saturated rings. The number of phenolic OH excluding ortho intramolecular Hbond substituents is 2. The van der Waals surface area contributed by atoms with Gasteiger partial charge in [0, 0.05) is 17.7 Å². The lowest BCUT2D eigenvalue weighted by Gasteiger charge is -2.41. The summed E-state index contributed by atoms with van der Waals surface area (Å²) >= 11 is 0. The average molecular weight is 715 g/mol. The summed E-state index contributed by atoms with van der Waals surface area (Å²) in [6.07, 6.45) is -16.9. The lowest BCUT2D eigenvalue weighted by atomic mass is 9.98. The molecule has 6 rings (SSSR count). The highest BCUT2D eigenvalue weighted by molar-refractivity contribution is 5.89. The first kappa shape index (κ1) is 36.0. The molecule has 0 aliphatic carbocycles. The van der Waals surface area contributed by atoms with E-state index in [1.807, 2.05) is 0 Å². The highest BCUT2D eigenvalue weighted by Gasteiger charge is 2.49. The largest absolute Gasteiger partial charge is 0.508 e. The third-order valence-corrected chi connectivity index (χ3v) is 8.44. The molecule has 3 aromatic carbocycles. The van der Waals surface area contributed by atoms with E-state index in [1.165, 1.54) is 36.4 Å². The molecule has 272 valence electrons. The highest BCUT2D eigenvalue weighted by atomic mass is 16.7. The van der Waals surface area contributed by atoms with Crippen LogP contribution in [-0.4, -0.2) is 127 Å². The highest BCUT2D eigenvalue weighted by Crippen LogP contribution is 2.38. The second-order valence-corrected chi connectivity index (χ2v) is 11.8. The number of fused-ring (bicyclic) bond motifs is 1. The second-order valence-electron chi connectivity index (χ2n) is 11.8. The molecule has 51 heavy (non-hydrogen) atoms. The number of aliphatic hydroxyl groups is 7. The number of aliphatic hydroxyl groups excluding tert-OH is 7. The average Bonchev–Trinajstić information content (AvgIpc) is 3.12. The second kappa shape index (κ2) is 14.8. The summed E-state index contributed by atoms with van der Waals surface area (Å²) in [5.41, 5.74) is -1.05. The van der Waals surface area contributed by atoms with Crippen LogP contribution < -0.4 is 14.9 Å². The van der Waals surface area contributed by atoms with Gasteiger partial charge in [0.05, 0.1) is 18.8 Å². The summed E-state index contributed by atoms with van der Waals surface area (Å²) < 4.78 is 33.8. The molecule has 0 amide bonds. The van der Waals surface area contributed by atoms with E-state index in [-0.39, 0.29) is 34.0 Å². The number of rotatable bonds is 9. The smallest absolute Gasteiger partial charge is 0.338 e. The lowest BCUT2D eigenvalue weighted by molar-refractivity contribution is -0.277. The van der Waals surface area contributed by atoms with Crippen LogP contribution in [0.2, 0.25) is 0 Å². The molecule has 9 N–H and O–H groups in total. The standard InChI is InChI=1S/C34H34O17/c35-12-20-23(39)25(41)27(43)33(48-20)46-17-10-18(38)22-19(11-17)47-29(14-6-8-16(37)9-7-14)31(24(22)40)51-34-28(44)26(42)30(21(13-36)49-34)50-32(45)15-4-2-1-3-5-15/h1-11,20-21,23,25-28,30,33-39,41-44H,12-13H2/t20-,21-,23-,25-,26-,27-,28-,30+,33-,34-/m0/s1. The van der Waals surface area contributed by atoms with Crippen LogP contribution in [0.1, 0.15) is 10.4 Å². The number of hydrogen-bond donors (Lipinski definition) is 9. The predicted octanol–water partition coefficient (Wildman–Crippen LogP) is -0.907. The van der Waals surface area contributed by atoms with Gasteiger partial charge in [0.25, 0.3) is 0 Å². The monoisotopic (exact) mass is 714 g/mol. The van der Waals surface area contributed by atoms with Crippen molar-refractivity contribution in [3.63, 3.8) is 0 Å². The van der Waals surface area contributed by atoms with Crippen molar-refractivity contribution in [3.8, 4) is 34.3 Å². The van der Waals surface area contributed by atoms with Gasteiger partial charge >= 0.3 is 5.97 Å². The minimum atomic E-state index is -1.97. The number of aromatic hydroxyl groups is 2. The Labute approximate surface area is 287 Å². The summed E-state index contributed by atoms with van der Waals surface area (Å²) in [4.78, 5) is 26.7. The maximum absolute atomic E-state index is 14.0. The predicted molar refractivity (Wildman–Crippen MR) is 170 cm³/mol. The Morgan fingerprint density at radius 3 is 2.02 bits per heavy atom. The van der Waals surface area contributed by atoms with Crippen molar-refractivity contribution in [2.75, 3.05) is 13.2 Å². The normalized spacial score (nSPS) is 29.4. The van der Waals surface area contributed by atoms with Gasteiger partial charge in [-0.3, -0.25) is 4.79 Å². The number of carbonyl (C=O) groups excluding carboxylic acids is 1. The van der Waals surface area contributed by atoms with E-state index >= 15 is 0 Å². The van der Waals surface area contributed by atoms with Crippen molar-refractivity contribution < 1.29 is 78.9 Å². The molecule has 3 heterocycles. The number of hydrogen-bond acceptors (Lipinski definition) is 17. The first-order valence-electron chi connectivity index (χ1n) is 15.6. The lowest BCUT2D eigenvalue weighted by Crippen LogP contribution is -2.61. The van der Waals surface area contributed by atoms with Gasteiger partial charge in [-0.25, -0.2) is 4.79 Å². The van der Waals surface area contributed by atoms with Crippen molar-refractivity contribution in [1.29, 1.82) is 0 Å². The number of esters is 1. The Hall–Kier alpha value is -4.82. The van der Waals surface area contributed by atoms with E-state index in [9.17, 15) is 55.5 Å². The van der Waals surface area contributed by atoms with E-state index < -0.39 is 103 Å². The fourth-order valence-electron chi connectivity index (χ4n) is 5.71. The Morgan fingerprint density at radius 1 is 0.725 bits per heavy atom. The van der Waals surface area contributed by atoms with Gasteiger partial charge in [-0.1, -0.05) is 18.2 Å². The summed E-state index contributed by atoms with van der Waals surface area (Å²) in [6.45, 7) is -1.54. The third kappa shape index (κ3) is 7.07. The van der Waals surface area contributed by atoms with Crippen molar-refractivity contribution in [1.82, 2.24) is 0 Å². The van der Waals surface area contributed by atoms with Crippen molar-refractivity contribution >= 4 is 16.9 Å². The molecule has 0 unspecified atom stereocenters. The van der Waals surface area contributed by atoms with Crippen molar-refractivity contribution in [2.24, 2.45) is 0 Å². The van der Waals surface area contributed by atoms with Crippen LogP contribution in [0.5, 0.6) is 23.0 Å². The number of phenols is 2. The molecule has 2 aliphatic rings. The zero-order valence-corrected chi connectivity index (χ0v) is 26.3. The topological polar surface area (TPSA) is 275 Å². The number of carbonyl (C=O) groups is 1. The summed E-state index contributed by atoms with van der Waals surface area (Å²) in [7, 11) is 0. The van der Waals surface area contributed by atoms with Gasteiger partial charge < -0.3 is 74.1 Å². The molecule has 0 radical (unpaired) electrons. The van der Waals surface area contributed by atoms with Gasteiger partial charge in [-0.15, -0.1) is 0 Å². The number of ether oxygens (including phenoxy) is 5. The van der Waals surface area contributed by atoms with E-state index in [1.54, 1.807) is 18.2 Å². The maximum Gasteiger partial charge on any atom is 0.338 e. The first-order chi connectivity index (χ1) is 24.4. The summed E-state index contributed by atoms with van der Waals surface area (Å²) in [5.74, 6) is -2.95. The fraction of sp³-hybridized carbons (Fsp3) is 0.353. The van der Waals surface area contributed by atoms with Crippen LogP contribution in [0, 0.1) is 0 Å². The Bertz CT molecular complexity index is 1890. The van der Waals surface area contributed by atoms with Gasteiger partial charge in [0.1, 0.15) is 70.9 Å². The van der Waals surface area contributed by atoms with Crippen molar-refractivity contribution in [2.45, 2.75) is 61.4 Å². The molecule has 2 saturated heterocycles. The van der Waals surface area contributed by atoms with Crippen LogP contribution in [0.15, 0.2) is 75.9 Å². The van der Waals surface area contributed by atoms with E-state index in [0.29, 0.717) is 0 Å². The van der Waals surface area contributed by atoms with Gasteiger partial charge in [-0.05, 0) is 36.4 Å². The van der Waals surface area contributed by atoms with Crippen LogP contribution in [-0.2, 0) is 14.2 Å². The molecular formula is C34H34O17. The SMILES string of the molecule is O=C(O[C@H]1[C@@H](O)[C@H](O)[C@H](Oc2c(-c3ccc(O)cc3)oc3cc(O[C@H]4O[C@@H](CO)[C@H](O)[C@H](O)[C@@H]4O)cc(O)c3c2=O)O[C@H]1CO)c1ccccc1. The van der Waals surface area contributed by atoms with E-state index in [4.69, 9.17) is 28.1 Å². The van der Waals surface area contributed by atoms with Crippen LogP contribution in [0.4, 0.5) is 0 Å². The van der Waals surface area contributed by atoms with Crippen LogP contribution in [0.3, 0.4) is 0 Å². The fourth-order valence-corrected chi connectivity index (χ4v) is 5.71. The van der Waals surface area contributed by atoms with Crippen LogP contribution >= 0.6 is 0 Å². The molecule has 17 nitrogen and oxygen atoms in total. The summed E-state index contributed by atoms with van der Waals surface area (Å²) in [6, 6.07) is 15.1. The molecule has 10 atom stereocenters. The molecule has 1 aromatic heterocycles. The third-order valence-electron chi connectivity index (χ3n) is 8.44. The van der Waals surface area contributed by atoms with Crippen LogP contribution in [0.25, 0.3) is 22.3 Å². The minimum absolute atomic E-state index is 0.128. The molecule has 0 bridgehead atoms. The Kier molecular flexibility index (Phi) is 10.4. The van der Waals surface area contributed by atoms with E-state index in [2.05, 4.69) is 0 Å². The van der Waals surface area contributed by atoms with Crippen molar-refractivity contribution in [3.05, 3.63) is 82.5 Å². The Balaban J connectivity index is 1.34. The molecular weight excluding hydrogens is 680 g/mol. The summed E-state index contributed by atoms with van der Waals surface area (Å²) in [5, 5.41) is 92.5. The first-order valence-corrected chi connectivity index (χ1v) is 15.6. The molecule has 0 spiro atoms. The quantitative estimate of drug-likeness (QED) is 0.0950. The maximum atomic E-state index is 14.0. The molecule has 4 aromatic rings. The molecule has 2 aliphatic heterocycles. The van der Waals surface area contributed by atoms with Gasteiger partial charge in [-0.2, -0.15) is 0 Å². The van der Waals surface area contributed by atoms with Gasteiger partial charge in [0.2, 0.25) is 23.8 Å². The zero-order valence-electron chi connectivity index (χ0n) is 26.3. The minimum Gasteiger partial charge on any atom is -0.508 e. The number of benzene rings is 3. The van der Waals surface area contributed by atoms with Gasteiger partial charge in [0.15, 0.2) is 11.9 Å². The molecule has 0 saturated carbocycles. The zero-order chi connectivity index (χ0) is 36.6. The van der Waals surface area contributed by atoms with E-state index in [0.717, 1.165) is 12.1 Å². The Morgan fingerprint density at radius 2 is 1.35 bits per heavy atom.